The molecule has 100 valence electrons. The third-order valence-corrected chi connectivity index (χ3v) is 5.05. The summed E-state index contributed by atoms with van der Waals surface area (Å²) in [5.74, 6) is 2.05. The van der Waals surface area contributed by atoms with E-state index in [-0.39, 0.29) is 12.4 Å². The molecule has 0 N–H and O–H groups in total. The Bertz CT molecular complexity index is 374. The number of rotatable bonds is 3. The molecule has 0 aromatic carbocycles. The molecule has 2 fully saturated rings. The molecule has 2 heterocycles. The fourth-order valence-electron chi connectivity index (χ4n) is 3.30. The molecule has 1 aromatic heterocycles. The SMILES string of the molecule is C(=C\c1cccs1)/CN1CCC2CCC(C2)C1.Cl. The van der Waals surface area contributed by atoms with Crippen molar-refractivity contribution in [2.75, 3.05) is 19.6 Å². The molecule has 18 heavy (non-hydrogen) atoms. The lowest BCUT2D eigenvalue weighted by Crippen LogP contribution is -2.29. The quantitative estimate of drug-likeness (QED) is 0.799. The van der Waals surface area contributed by atoms with Crippen LogP contribution in [0.5, 0.6) is 0 Å². The smallest absolute Gasteiger partial charge is 0.0267 e. The van der Waals surface area contributed by atoms with E-state index in [0.29, 0.717) is 0 Å². The second-order valence-corrected chi connectivity index (χ2v) is 6.49. The first kappa shape index (κ1) is 14.1. The van der Waals surface area contributed by atoms with Gasteiger partial charge in [-0.05, 0) is 55.2 Å². The highest BCUT2D eigenvalue weighted by Crippen LogP contribution is 2.36. The van der Waals surface area contributed by atoms with Gasteiger partial charge >= 0.3 is 0 Å². The van der Waals surface area contributed by atoms with Gasteiger partial charge in [0.2, 0.25) is 0 Å². The van der Waals surface area contributed by atoms with Crippen LogP contribution in [0, 0.1) is 11.8 Å². The molecular weight excluding hydrogens is 262 g/mol. The topological polar surface area (TPSA) is 3.24 Å². The van der Waals surface area contributed by atoms with E-state index in [2.05, 4.69) is 34.6 Å². The number of hydrogen-bond donors (Lipinski definition) is 0. The summed E-state index contributed by atoms with van der Waals surface area (Å²) in [6.45, 7) is 3.79. The van der Waals surface area contributed by atoms with Gasteiger partial charge in [0.05, 0.1) is 0 Å². The minimum atomic E-state index is 0. The van der Waals surface area contributed by atoms with E-state index in [1.165, 1.54) is 43.6 Å². The summed E-state index contributed by atoms with van der Waals surface area (Å²) in [4.78, 5) is 4.02. The predicted octanol–water partition coefficient (Wildman–Crippen LogP) is 4.31. The number of hydrogen-bond acceptors (Lipinski definition) is 2. The fraction of sp³-hybridized carbons (Fsp3) is 0.600. The van der Waals surface area contributed by atoms with Crippen molar-refractivity contribution in [3.63, 3.8) is 0 Å². The van der Waals surface area contributed by atoms with Crippen LogP contribution in [0.1, 0.15) is 30.6 Å². The average Bonchev–Trinajstić information content (AvgIpc) is 2.91. The van der Waals surface area contributed by atoms with Crippen LogP contribution in [-0.4, -0.2) is 24.5 Å². The molecule has 1 aromatic rings. The maximum atomic E-state index is 2.65. The lowest BCUT2D eigenvalue weighted by molar-refractivity contribution is 0.260. The second-order valence-electron chi connectivity index (χ2n) is 5.51. The van der Waals surface area contributed by atoms with Gasteiger partial charge in [-0.3, -0.25) is 4.90 Å². The molecule has 2 atom stereocenters. The van der Waals surface area contributed by atoms with Gasteiger partial charge in [0.25, 0.3) is 0 Å². The first-order chi connectivity index (χ1) is 8.40. The molecule has 0 radical (unpaired) electrons. The summed E-state index contributed by atoms with van der Waals surface area (Å²) >= 11 is 1.82. The molecule has 0 amide bonds. The van der Waals surface area contributed by atoms with Crippen LogP contribution in [0.25, 0.3) is 6.08 Å². The van der Waals surface area contributed by atoms with Crippen LogP contribution in [0.2, 0.25) is 0 Å². The largest absolute Gasteiger partial charge is 0.299 e. The summed E-state index contributed by atoms with van der Waals surface area (Å²) in [6.07, 6.45) is 10.5. The Hall–Kier alpha value is -0.310. The third-order valence-electron chi connectivity index (χ3n) is 4.21. The van der Waals surface area contributed by atoms with Crippen molar-refractivity contribution in [3.05, 3.63) is 28.5 Å². The van der Waals surface area contributed by atoms with Gasteiger partial charge in [-0.15, -0.1) is 23.7 Å². The number of thiophene rings is 1. The Kier molecular flexibility index (Phi) is 5.28. The molecule has 2 unspecified atom stereocenters. The Morgan fingerprint density at radius 2 is 2.17 bits per heavy atom. The van der Waals surface area contributed by atoms with Crippen molar-refractivity contribution >= 4 is 29.8 Å². The molecule has 1 saturated heterocycles. The van der Waals surface area contributed by atoms with E-state index in [1.807, 2.05) is 11.3 Å². The lowest BCUT2D eigenvalue weighted by Gasteiger charge is -2.22. The van der Waals surface area contributed by atoms with Crippen LogP contribution in [0.15, 0.2) is 23.6 Å². The highest BCUT2D eigenvalue weighted by atomic mass is 35.5. The lowest BCUT2D eigenvalue weighted by atomic mass is 10.0. The van der Waals surface area contributed by atoms with Gasteiger partial charge in [0, 0.05) is 18.0 Å². The normalized spacial score (nSPS) is 28.2. The maximum Gasteiger partial charge on any atom is 0.0267 e. The Morgan fingerprint density at radius 1 is 1.28 bits per heavy atom. The number of halogens is 1. The zero-order chi connectivity index (χ0) is 11.5. The van der Waals surface area contributed by atoms with Crippen molar-refractivity contribution in [1.82, 2.24) is 4.90 Å². The van der Waals surface area contributed by atoms with Gasteiger partial charge in [-0.25, -0.2) is 0 Å². The zero-order valence-corrected chi connectivity index (χ0v) is 12.4. The number of likely N-dealkylation sites (tertiary alicyclic amines) is 1. The first-order valence-corrected chi connectivity index (χ1v) is 7.70. The van der Waals surface area contributed by atoms with Crippen LogP contribution in [0.4, 0.5) is 0 Å². The van der Waals surface area contributed by atoms with Gasteiger partial charge < -0.3 is 0 Å². The minimum Gasteiger partial charge on any atom is -0.299 e. The van der Waals surface area contributed by atoms with Crippen molar-refractivity contribution < 1.29 is 0 Å². The molecule has 3 heteroatoms. The molecule has 2 aliphatic rings. The Balaban J connectivity index is 0.00000120. The van der Waals surface area contributed by atoms with Crippen LogP contribution >= 0.6 is 23.7 Å². The number of nitrogens with zero attached hydrogens (tertiary/aromatic N) is 1. The third kappa shape index (κ3) is 3.59. The summed E-state index contributed by atoms with van der Waals surface area (Å²) in [5.41, 5.74) is 0. The monoisotopic (exact) mass is 283 g/mol. The Labute approximate surface area is 120 Å². The van der Waals surface area contributed by atoms with Crippen LogP contribution < -0.4 is 0 Å². The molecule has 1 saturated carbocycles. The predicted molar refractivity (Wildman–Crippen MR) is 82.5 cm³/mol. The summed E-state index contributed by atoms with van der Waals surface area (Å²) in [6, 6.07) is 4.31. The van der Waals surface area contributed by atoms with Crippen molar-refractivity contribution in [2.45, 2.75) is 25.7 Å². The van der Waals surface area contributed by atoms with Gasteiger partial charge in [-0.2, -0.15) is 0 Å². The van der Waals surface area contributed by atoms with E-state index in [4.69, 9.17) is 0 Å². The molecule has 0 spiro atoms. The maximum absolute atomic E-state index is 2.65. The molecule has 2 bridgehead atoms. The highest BCUT2D eigenvalue weighted by molar-refractivity contribution is 7.10. The standard InChI is InChI=1S/C15H21NS.ClH/c1(3-15-4-2-10-17-15)8-16-9-7-13-5-6-14(11-13)12-16;/h1-4,10,13-14H,5-9,11-12H2;1H/b3-1+;. The van der Waals surface area contributed by atoms with Crippen molar-refractivity contribution in [2.24, 2.45) is 11.8 Å². The van der Waals surface area contributed by atoms with E-state index < -0.39 is 0 Å². The average molecular weight is 284 g/mol. The van der Waals surface area contributed by atoms with Gasteiger partial charge in [-0.1, -0.05) is 18.6 Å². The molecular formula is C15H22ClNS. The van der Waals surface area contributed by atoms with Crippen molar-refractivity contribution in [1.29, 1.82) is 0 Å². The highest BCUT2D eigenvalue weighted by Gasteiger charge is 2.29. The summed E-state index contributed by atoms with van der Waals surface area (Å²) in [7, 11) is 0. The molecule has 1 aliphatic heterocycles. The number of fused-ring (bicyclic) bond motifs is 2. The van der Waals surface area contributed by atoms with Crippen LogP contribution in [-0.2, 0) is 0 Å². The van der Waals surface area contributed by atoms with Gasteiger partial charge in [0.15, 0.2) is 0 Å². The minimum absolute atomic E-state index is 0. The van der Waals surface area contributed by atoms with E-state index in [1.54, 1.807) is 0 Å². The van der Waals surface area contributed by atoms with Crippen LogP contribution in [0.3, 0.4) is 0 Å². The van der Waals surface area contributed by atoms with Gasteiger partial charge in [0.1, 0.15) is 0 Å². The van der Waals surface area contributed by atoms with Crippen molar-refractivity contribution in [3.8, 4) is 0 Å². The fourth-order valence-corrected chi connectivity index (χ4v) is 3.94. The van der Waals surface area contributed by atoms with E-state index in [9.17, 15) is 0 Å². The Morgan fingerprint density at radius 3 is 3.00 bits per heavy atom. The molecule has 1 nitrogen and oxygen atoms in total. The first-order valence-electron chi connectivity index (χ1n) is 6.82. The molecule has 1 aliphatic carbocycles. The zero-order valence-electron chi connectivity index (χ0n) is 10.8. The second kappa shape index (κ2) is 6.74. The summed E-state index contributed by atoms with van der Waals surface area (Å²) < 4.78 is 0. The van der Waals surface area contributed by atoms with E-state index >= 15 is 0 Å². The summed E-state index contributed by atoms with van der Waals surface area (Å²) in [5, 5.41) is 2.14. The van der Waals surface area contributed by atoms with E-state index in [0.717, 1.165) is 18.4 Å². The molecule has 3 rings (SSSR count).